The molecule has 8 heteroatoms. The van der Waals surface area contributed by atoms with E-state index in [1.807, 2.05) is 18.0 Å². The number of likely N-dealkylation sites (N-methyl/N-ethyl adjacent to an activating group) is 1. The molecule has 130 valence electrons. The highest BCUT2D eigenvalue weighted by Crippen LogP contribution is 2.28. The molecule has 1 aromatic carbocycles. The Hall–Kier alpha value is -2.37. The number of halogens is 1. The smallest absolute Gasteiger partial charge is 0.270 e. The monoisotopic (exact) mass is 359 g/mol. The van der Waals surface area contributed by atoms with Crippen LogP contribution in [0.2, 0.25) is 0 Å². The van der Waals surface area contributed by atoms with Crippen LogP contribution in [0.15, 0.2) is 28.2 Å². The molecule has 1 aliphatic heterocycles. The predicted molar refractivity (Wildman–Crippen MR) is 96.5 cm³/mol. The van der Waals surface area contributed by atoms with E-state index < -0.39 is 5.56 Å². The second kappa shape index (κ2) is 7.25. The third kappa shape index (κ3) is 3.52. The fourth-order valence-electron chi connectivity index (χ4n) is 2.81. The van der Waals surface area contributed by atoms with Crippen LogP contribution >= 0.6 is 11.8 Å². The zero-order valence-electron chi connectivity index (χ0n) is 14.0. The van der Waals surface area contributed by atoms with Gasteiger partial charge in [-0.2, -0.15) is 5.26 Å². The third-order valence-electron chi connectivity index (χ3n) is 4.27. The lowest BCUT2D eigenvalue weighted by atomic mass is 10.1. The summed E-state index contributed by atoms with van der Waals surface area (Å²) in [4.78, 5) is 23.2. The van der Waals surface area contributed by atoms with Gasteiger partial charge in [0.15, 0.2) is 5.16 Å². The van der Waals surface area contributed by atoms with E-state index in [0.29, 0.717) is 16.4 Å². The van der Waals surface area contributed by atoms with E-state index in [-0.39, 0.29) is 17.1 Å². The van der Waals surface area contributed by atoms with Crippen LogP contribution in [0.5, 0.6) is 0 Å². The van der Waals surface area contributed by atoms with Gasteiger partial charge in [0.25, 0.3) is 5.56 Å². The van der Waals surface area contributed by atoms with Gasteiger partial charge >= 0.3 is 0 Å². The van der Waals surface area contributed by atoms with Crippen molar-refractivity contribution in [2.24, 2.45) is 0 Å². The van der Waals surface area contributed by atoms with Crippen molar-refractivity contribution in [1.82, 2.24) is 14.9 Å². The number of hydrogen-bond acceptors (Lipinski definition) is 6. The average molecular weight is 359 g/mol. The first-order valence-corrected chi connectivity index (χ1v) is 9.07. The first-order chi connectivity index (χ1) is 12.0. The van der Waals surface area contributed by atoms with E-state index in [1.165, 1.54) is 17.8 Å². The Bertz CT molecular complexity index is 884. The number of rotatable bonds is 3. The van der Waals surface area contributed by atoms with E-state index in [4.69, 9.17) is 0 Å². The van der Waals surface area contributed by atoms with Crippen LogP contribution in [0, 0.1) is 17.1 Å². The number of anilines is 1. The van der Waals surface area contributed by atoms with Crippen molar-refractivity contribution in [3.05, 3.63) is 39.9 Å². The molecule has 1 fully saturated rings. The molecule has 0 spiro atoms. The van der Waals surface area contributed by atoms with Crippen LogP contribution in [0.4, 0.5) is 10.1 Å². The number of thioether (sulfide) groups is 1. The predicted octanol–water partition coefficient (Wildman–Crippen LogP) is 1.92. The molecular weight excluding hydrogens is 341 g/mol. The Balaban J connectivity index is 2.08. The summed E-state index contributed by atoms with van der Waals surface area (Å²) < 4.78 is 14.4. The Morgan fingerprint density at radius 3 is 2.68 bits per heavy atom. The van der Waals surface area contributed by atoms with E-state index in [9.17, 15) is 14.4 Å². The second-order valence-electron chi connectivity index (χ2n) is 5.87. The van der Waals surface area contributed by atoms with E-state index >= 15 is 0 Å². The summed E-state index contributed by atoms with van der Waals surface area (Å²) in [6.45, 7) is 3.15. The number of aromatic nitrogens is 2. The van der Waals surface area contributed by atoms with Gasteiger partial charge < -0.3 is 14.8 Å². The first kappa shape index (κ1) is 17.5. The molecule has 1 saturated heterocycles. The van der Waals surface area contributed by atoms with Crippen molar-refractivity contribution < 1.29 is 4.39 Å². The Kier molecular flexibility index (Phi) is 5.06. The molecule has 1 N–H and O–H groups in total. The molecule has 0 atom stereocenters. The Morgan fingerprint density at radius 2 is 2.04 bits per heavy atom. The van der Waals surface area contributed by atoms with Crippen LogP contribution in [-0.2, 0) is 0 Å². The molecule has 25 heavy (non-hydrogen) atoms. The molecule has 0 unspecified atom stereocenters. The maximum Gasteiger partial charge on any atom is 0.270 e. The molecule has 2 aromatic rings. The molecule has 1 aliphatic rings. The second-order valence-corrected chi connectivity index (χ2v) is 6.66. The highest BCUT2D eigenvalue weighted by molar-refractivity contribution is 7.98. The van der Waals surface area contributed by atoms with Crippen molar-refractivity contribution in [3.8, 4) is 17.3 Å². The van der Waals surface area contributed by atoms with Crippen molar-refractivity contribution in [3.63, 3.8) is 0 Å². The van der Waals surface area contributed by atoms with E-state index in [0.717, 1.165) is 26.2 Å². The lowest BCUT2D eigenvalue weighted by Crippen LogP contribution is -2.44. The number of hydrogen-bond donors (Lipinski definition) is 1. The van der Waals surface area contributed by atoms with Gasteiger partial charge in [0.05, 0.1) is 11.4 Å². The minimum Gasteiger partial charge on any atom is -0.367 e. The Morgan fingerprint density at radius 1 is 1.32 bits per heavy atom. The molecular formula is C17H18FN5OS. The molecule has 0 aliphatic carbocycles. The molecule has 0 amide bonds. The number of nitrogens with one attached hydrogen (secondary N) is 1. The fourth-order valence-corrected chi connectivity index (χ4v) is 3.19. The van der Waals surface area contributed by atoms with Crippen LogP contribution in [-0.4, -0.2) is 54.4 Å². The number of aromatic amines is 1. The van der Waals surface area contributed by atoms with Gasteiger partial charge in [-0.25, -0.2) is 9.37 Å². The van der Waals surface area contributed by atoms with Gasteiger partial charge in [0.1, 0.15) is 17.4 Å². The average Bonchev–Trinajstić information content (AvgIpc) is 2.62. The summed E-state index contributed by atoms with van der Waals surface area (Å²) in [5.74, 6) is -0.318. The molecule has 0 radical (unpaired) electrons. The summed E-state index contributed by atoms with van der Waals surface area (Å²) in [6, 6.07) is 6.50. The minimum atomic E-state index is -0.484. The quantitative estimate of drug-likeness (QED) is 0.667. The number of benzene rings is 1. The maximum atomic E-state index is 14.4. The summed E-state index contributed by atoms with van der Waals surface area (Å²) in [5, 5.41) is 9.74. The summed E-state index contributed by atoms with van der Waals surface area (Å²) in [6.07, 6.45) is 1.79. The van der Waals surface area contributed by atoms with Crippen molar-refractivity contribution in [2.45, 2.75) is 5.16 Å². The van der Waals surface area contributed by atoms with Gasteiger partial charge in [-0.3, -0.25) is 4.79 Å². The van der Waals surface area contributed by atoms with E-state index in [1.54, 1.807) is 18.4 Å². The van der Waals surface area contributed by atoms with Crippen LogP contribution < -0.4 is 10.5 Å². The Labute approximate surface area is 149 Å². The van der Waals surface area contributed by atoms with Gasteiger partial charge in [-0.05, 0) is 31.5 Å². The van der Waals surface area contributed by atoms with Gasteiger partial charge in [0, 0.05) is 31.7 Å². The first-order valence-electron chi connectivity index (χ1n) is 7.85. The maximum absolute atomic E-state index is 14.4. The number of piperazine rings is 1. The number of H-pyrrole nitrogens is 1. The standard InChI is InChI=1S/C17H18FN5OS/c1-22-5-7-23(8-6-22)14-9-11(3-4-13(14)18)15-12(10-19)16(24)21-17(20-15)25-2/h3-4,9H,5-8H2,1-2H3,(H,20,21,24). The van der Waals surface area contributed by atoms with Crippen molar-refractivity contribution in [2.75, 3.05) is 44.4 Å². The largest absolute Gasteiger partial charge is 0.367 e. The van der Waals surface area contributed by atoms with Crippen LogP contribution in [0.25, 0.3) is 11.3 Å². The fraction of sp³-hybridized carbons (Fsp3) is 0.353. The zero-order chi connectivity index (χ0) is 18.0. The topological polar surface area (TPSA) is 76.0 Å². The van der Waals surface area contributed by atoms with Crippen molar-refractivity contribution >= 4 is 17.4 Å². The van der Waals surface area contributed by atoms with Crippen LogP contribution in [0.3, 0.4) is 0 Å². The number of nitriles is 1. The third-order valence-corrected chi connectivity index (χ3v) is 4.85. The summed E-state index contributed by atoms with van der Waals surface area (Å²) in [7, 11) is 2.04. The van der Waals surface area contributed by atoms with Gasteiger partial charge in [0.2, 0.25) is 0 Å². The lowest BCUT2D eigenvalue weighted by molar-refractivity contribution is 0.311. The summed E-state index contributed by atoms with van der Waals surface area (Å²) in [5.41, 5.74) is 0.776. The summed E-state index contributed by atoms with van der Waals surface area (Å²) >= 11 is 1.28. The normalized spacial score (nSPS) is 15.2. The molecule has 6 nitrogen and oxygen atoms in total. The highest BCUT2D eigenvalue weighted by Gasteiger charge is 2.20. The molecule has 0 saturated carbocycles. The van der Waals surface area contributed by atoms with Gasteiger partial charge in [-0.15, -0.1) is 0 Å². The molecule has 3 rings (SSSR count). The van der Waals surface area contributed by atoms with E-state index in [2.05, 4.69) is 14.9 Å². The SMILES string of the molecule is CSc1nc(-c2ccc(F)c(N3CCN(C)CC3)c2)c(C#N)c(=O)[nH]1. The molecule has 1 aromatic heterocycles. The number of nitrogens with zero attached hydrogens (tertiary/aromatic N) is 4. The highest BCUT2D eigenvalue weighted by atomic mass is 32.2. The van der Waals surface area contributed by atoms with Crippen LogP contribution in [0.1, 0.15) is 5.56 Å². The molecule has 2 heterocycles. The van der Waals surface area contributed by atoms with Crippen molar-refractivity contribution in [1.29, 1.82) is 5.26 Å². The molecule has 0 bridgehead atoms. The zero-order valence-corrected chi connectivity index (χ0v) is 14.9. The minimum absolute atomic E-state index is 0.0614. The lowest BCUT2D eigenvalue weighted by Gasteiger charge is -2.34. The van der Waals surface area contributed by atoms with Gasteiger partial charge in [-0.1, -0.05) is 11.8 Å².